The molecule has 2 rings (SSSR count). The van der Waals surface area contributed by atoms with Crippen LogP contribution in [0.3, 0.4) is 0 Å². The van der Waals surface area contributed by atoms with Crippen molar-refractivity contribution in [3.63, 3.8) is 0 Å². The molecule has 0 aliphatic rings. The molecule has 0 bridgehead atoms. The van der Waals surface area contributed by atoms with Gasteiger partial charge in [-0.05, 0) is 12.1 Å². The monoisotopic (exact) mass is 249 g/mol. The molecule has 5 nitrogen and oxygen atoms in total. The van der Waals surface area contributed by atoms with Gasteiger partial charge in [0.05, 0.1) is 32.1 Å². The van der Waals surface area contributed by atoms with Gasteiger partial charge in [-0.1, -0.05) is 12.1 Å². The van der Waals surface area contributed by atoms with Crippen molar-refractivity contribution in [2.45, 2.75) is 13.0 Å². The molecule has 0 aliphatic carbocycles. The summed E-state index contributed by atoms with van der Waals surface area (Å²) in [6.07, 6.45) is 0.194. The van der Waals surface area contributed by atoms with Crippen LogP contribution in [0.4, 0.5) is 0 Å². The Morgan fingerprint density at radius 1 is 1.39 bits per heavy atom. The number of carbonyl (C=O) groups is 1. The minimum absolute atomic E-state index is 0.194. The zero-order valence-corrected chi connectivity index (χ0v) is 10.1. The van der Waals surface area contributed by atoms with E-state index in [1.807, 2.05) is 24.3 Å². The van der Waals surface area contributed by atoms with E-state index in [-0.39, 0.29) is 25.5 Å². The van der Waals surface area contributed by atoms with Crippen LogP contribution in [0, 0.1) is 0 Å². The van der Waals surface area contributed by atoms with E-state index in [0.717, 1.165) is 11.0 Å². The van der Waals surface area contributed by atoms with Crippen molar-refractivity contribution in [1.29, 1.82) is 0 Å². The Morgan fingerprint density at radius 3 is 2.89 bits per heavy atom. The van der Waals surface area contributed by atoms with E-state index >= 15 is 0 Å². The second kappa shape index (κ2) is 5.55. The molecule has 1 aromatic heterocycles. The number of para-hydroxylation sites is 1. The van der Waals surface area contributed by atoms with E-state index in [4.69, 9.17) is 14.9 Å². The minimum atomic E-state index is -0.308. The van der Waals surface area contributed by atoms with Gasteiger partial charge < -0.3 is 19.6 Å². The molecule has 18 heavy (non-hydrogen) atoms. The molecular formula is C13H15NO4. The molecule has 0 aliphatic heterocycles. The average Bonchev–Trinajstić information content (AvgIpc) is 2.77. The molecule has 2 aromatic rings. The van der Waals surface area contributed by atoms with Gasteiger partial charge in [0, 0.05) is 0 Å². The third-order valence-corrected chi connectivity index (χ3v) is 2.58. The number of nitrogens with two attached hydrogens (primary N) is 1. The van der Waals surface area contributed by atoms with Gasteiger partial charge in [0.25, 0.3) is 0 Å². The van der Waals surface area contributed by atoms with Crippen LogP contribution in [-0.4, -0.2) is 19.7 Å². The Balaban J connectivity index is 2.18. The molecule has 1 aromatic carbocycles. The Labute approximate surface area is 104 Å². The number of hydrogen-bond donors (Lipinski definition) is 1. The van der Waals surface area contributed by atoms with Gasteiger partial charge in [-0.25, -0.2) is 0 Å². The number of benzene rings is 1. The van der Waals surface area contributed by atoms with Gasteiger partial charge in [-0.2, -0.15) is 0 Å². The Morgan fingerprint density at radius 2 is 2.17 bits per heavy atom. The summed E-state index contributed by atoms with van der Waals surface area (Å²) in [4.78, 5) is 11.0. The number of furan rings is 1. The van der Waals surface area contributed by atoms with Gasteiger partial charge in [-0.3, -0.25) is 4.79 Å². The molecule has 0 saturated heterocycles. The van der Waals surface area contributed by atoms with Crippen molar-refractivity contribution in [3.8, 4) is 5.75 Å². The van der Waals surface area contributed by atoms with E-state index < -0.39 is 0 Å². The first-order valence-electron chi connectivity index (χ1n) is 5.66. The molecule has 0 unspecified atom stereocenters. The molecule has 2 N–H and O–H groups in total. The van der Waals surface area contributed by atoms with Crippen molar-refractivity contribution in [2.75, 3.05) is 13.7 Å². The summed E-state index contributed by atoms with van der Waals surface area (Å²) < 4.78 is 15.7. The lowest BCUT2D eigenvalue weighted by Crippen LogP contribution is -2.08. The Hall–Kier alpha value is -2.01. The zero-order chi connectivity index (χ0) is 13.0. The van der Waals surface area contributed by atoms with Crippen molar-refractivity contribution >= 4 is 16.9 Å². The highest BCUT2D eigenvalue weighted by molar-refractivity contribution is 5.85. The van der Waals surface area contributed by atoms with Gasteiger partial charge in [-0.15, -0.1) is 0 Å². The fourth-order valence-electron chi connectivity index (χ4n) is 1.70. The van der Waals surface area contributed by atoms with E-state index in [9.17, 15) is 4.79 Å². The van der Waals surface area contributed by atoms with Crippen molar-refractivity contribution < 1.29 is 18.7 Å². The van der Waals surface area contributed by atoms with Crippen LogP contribution in [0.25, 0.3) is 11.0 Å². The lowest BCUT2D eigenvalue weighted by molar-refractivity contribution is -0.141. The molecule has 0 amide bonds. The summed E-state index contributed by atoms with van der Waals surface area (Å²) in [5, 5.41) is 0.864. The van der Waals surface area contributed by atoms with Gasteiger partial charge >= 0.3 is 5.97 Å². The summed E-state index contributed by atoms with van der Waals surface area (Å²) >= 11 is 0. The smallest absolute Gasteiger partial charge is 0.308 e. The number of ether oxygens (including phenoxy) is 2. The Bertz CT molecular complexity index is 547. The first-order chi connectivity index (χ1) is 8.76. The summed E-state index contributed by atoms with van der Waals surface area (Å²) in [6, 6.07) is 7.52. The van der Waals surface area contributed by atoms with Gasteiger partial charge in [0.15, 0.2) is 11.5 Å². The summed E-state index contributed by atoms with van der Waals surface area (Å²) in [7, 11) is 1.35. The van der Waals surface area contributed by atoms with E-state index in [1.165, 1.54) is 7.11 Å². The normalized spacial score (nSPS) is 10.6. The molecule has 0 saturated carbocycles. The third-order valence-electron chi connectivity index (χ3n) is 2.58. The quantitative estimate of drug-likeness (QED) is 0.818. The van der Waals surface area contributed by atoms with Gasteiger partial charge in [0.1, 0.15) is 5.58 Å². The lowest BCUT2D eigenvalue weighted by Gasteiger charge is -2.05. The Kier molecular flexibility index (Phi) is 3.84. The van der Waals surface area contributed by atoms with E-state index in [0.29, 0.717) is 11.5 Å². The lowest BCUT2D eigenvalue weighted by atomic mass is 10.2. The van der Waals surface area contributed by atoms with Crippen molar-refractivity contribution in [1.82, 2.24) is 0 Å². The molecule has 5 heteroatoms. The van der Waals surface area contributed by atoms with Crippen LogP contribution in [-0.2, 0) is 16.1 Å². The standard InChI is InChI=1S/C13H15NO4/c1-16-12(15)6-7-17-13-9-4-2-3-5-10(9)18-11(13)8-14/h2-5H,6-8,14H2,1H3. The number of fused-ring (bicyclic) bond motifs is 1. The summed E-state index contributed by atoms with van der Waals surface area (Å²) in [5.41, 5.74) is 6.33. The summed E-state index contributed by atoms with van der Waals surface area (Å²) in [5.74, 6) is 0.884. The average molecular weight is 249 g/mol. The van der Waals surface area contributed by atoms with Gasteiger partial charge in [0.2, 0.25) is 0 Å². The highest BCUT2D eigenvalue weighted by Gasteiger charge is 2.14. The number of esters is 1. The van der Waals surface area contributed by atoms with E-state index in [2.05, 4.69) is 4.74 Å². The molecular weight excluding hydrogens is 234 g/mol. The molecule has 0 fully saturated rings. The number of carbonyl (C=O) groups excluding carboxylic acids is 1. The van der Waals surface area contributed by atoms with Crippen LogP contribution >= 0.6 is 0 Å². The van der Waals surface area contributed by atoms with Crippen molar-refractivity contribution in [3.05, 3.63) is 30.0 Å². The fraction of sp³-hybridized carbons (Fsp3) is 0.308. The highest BCUT2D eigenvalue weighted by Crippen LogP contribution is 2.32. The number of hydrogen-bond acceptors (Lipinski definition) is 5. The second-order valence-corrected chi connectivity index (χ2v) is 3.73. The van der Waals surface area contributed by atoms with Crippen molar-refractivity contribution in [2.24, 2.45) is 5.73 Å². The zero-order valence-electron chi connectivity index (χ0n) is 10.1. The second-order valence-electron chi connectivity index (χ2n) is 3.73. The highest BCUT2D eigenvalue weighted by atomic mass is 16.5. The fourth-order valence-corrected chi connectivity index (χ4v) is 1.70. The molecule has 0 atom stereocenters. The molecule has 1 heterocycles. The van der Waals surface area contributed by atoms with Crippen LogP contribution in [0.2, 0.25) is 0 Å². The predicted molar refractivity (Wildman–Crippen MR) is 66.2 cm³/mol. The van der Waals surface area contributed by atoms with E-state index in [1.54, 1.807) is 0 Å². The van der Waals surface area contributed by atoms with Crippen LogP contribution in [0.15, 0.2) is 28.7 Å². The van der Waals surface area contributed by atoms with Crippen LogP contribution < -0.4 is 10.5 Å². The number of methoxy groups -OCH3 is 1. The molecule has 0 spiro atoms. The maximum atomic E-state index is 11.0. The molecule has 96 valence electrons. The van der Waals surface area contributed by atoms with Crippen LogP contribution in [0.5, 0.6) is 5.75 Å². The first kappa shape index (κ1) is 12.4. The maximum Gasteiger partial charge on any atom is 0.308 e. The van der Waals surface area contributed by atoms with Crippen LogP contribution in [0.1, 0.15) is 12.2 Å². The maximum absolute atomic E-state index is 11.0. The summed E-state index contributed by atoms with van der Waals surface area (Å²) in [6.45, 7) is 0.492. The third kappa shape index (κ3) is 2.46. The minimum Gasteiger partial charge on any atom is -0.489 e. The number of rotatable bonds is 5. The first-order valence-corrected chi connectivity index (χ1v) is 5.66. The largest absolute Gasteiger partial charge is 0.489 e. The SMILES string of the molecule is COC(=O)CCOc1c(CN)oc2ccccc12. The topological polar surface area (TPSA) is 74.7 Å². The predicted octanol–water partition coefficient (Wildman–Crippen LogP) is 1.83. The molecule has 0 radical (unpaired) electrons.